The lowest BCUT2D eigenvalue weighted by molar-refractivity contribution is 0.594. The van der Waals surface area contributed by atoms with Gasteiger partial charge in [0.15, 0.2) is 0 Å². The monoisotopic (exact) mass is 256 g/mol. The quantitative estimate of drug-likeness (QED) is 0.705. The topological polar surface area (TPSA) is 24.9 Å². The Kier molecular flexibility index (Phi) is 5.20. The number of unbranched alkanes of at least 4 members (excludes halogenated alkanes) is 3. The molecule has 0 amide bonds. The van der Waals surface area contributed by atoms with Gasteiger partial charge < -0.3 is 5.32 Å². The highest BCUT2D eigenvalue weighted by Crippen LogP contribution is 2.17. The van der Waals surface area contributed by atoms with Gasteiger partial charge >= 0.3 is 0 Å². The second kappa shape index (κ2) is 7.13. The van der Waals surface area contributed by atoms with Crippen molar-refractivity contribution in [1.29, 1.82) is 0 Å². The van der Waals surface area contributed by atoms with Crippen molar-refractivity contribution in [2.24, 2.45) is 0 Å². The molecule has 0 bridgehead atoms. The van der Waals surface area contributed by atoms with E-state index in [1.54, 1.807) is 0 Å². The van der Waals surface area contributed by atoms with E-state index in [-0.39, 0.29) is 0 Å². The molecule has 2 heteroatoms. The van der Waals surface area contributed by atoms with Crippen molar-refractivity contribution in [3.8, 4) is 0 Å². The van der Waals surface area contributed by atoms with E-state index < -0.39 is 0 Å². The third kappa shape index (κ3) is 4.23. The average Bonchev–Trinajstić information content (AvgIpc) is 2.43. The number of nitrogens with zero attached hydrogens (tertiary/aromatic N) is 1. The first kappa shape index (κ1) is 13.9. The summed E-state index contributed by atoms with van der Waals surface area (Å²) >= 11 is 0. The highest BCUT2D eigenvalue weighted by atomic mass is 14.9. The summed E-state index contributed by atoms with van der Waals surface area (Å²) in [5.74, 6) is 0. The molecular formula is C17H24N2. The number of hydrogen-bond acceptors (Lipinski definition) is 2. The third-order valence-electron chi connectivity index (χ3n) is 3.49. The van der Waals surface area contributed by atoms with E-state index in [4.69, 9.17) is 0 Å². The lowest BCUT2D eigenvalue weighted by Crippen LogP contribution is -2.14. The van der Waals surface area contributed by atoms with Crippen LogP contribution in [0.25, 0.3) is 10.9 Å². The van der Waals surface area contributed by atoms with Gasteiger partial charge in [0, 0.05) is 11.4 Å². The van der Waals surface area contributed by atoms with Crippen molar-refractivity contribution in [2.75, 3.05) is 5.32 Å². The van der Waals surface area contributed by atoms with Gasteiger partial charge in [0.25, 0.3) is 0 Å². The Balaban J connectivity index is 1.89. The predicted molar refractivity (Wildman–Crippen MR) is 83.6 cm³/mol. The fraction of sp³-hybridized carbons (Fsp3) is 0.471. The summed E-state index contributed by atoms with van der Waals surface area (Å²) in [5.41, 5.74) is 2.19. The standard InChI is InChI=1S/C17H24N2/c1-3-4-5-6-9-14(2)19-16-12-15-10-7-8-11-17(15)18-13-16/h7-8,10-14,19H,3-6,9H2,1-2H3. The predicted octanol–water partition coefficient (Wildman–Crippen LogP) is 5.01. The zero-order chi connectivity index (χ0) is 13.5. The van der Waals surface area contributed by atoms with Gasteiger partial charge in [-0.25, -0.2) is 0 Å². The number of aromatic nitrogens is 1. The van der Waals surface area contributed by atoms with E-state index in [2.05, 4.69) is 42.3 Å². The third-order valence-corrected chi connectivity index (χ3v) is 3.49. The first-order valence-electron chi connectivity index (χ1n) is 7.41. The SMILES string of the molecule is CCCCCCC(C)Nc1cnc2ccccc2c1. The molecule has 1 atom stereocenters. The van der Waals surface area contributed by atoms with Crippen LogP contribution in [-0.2, 0) is 0 Å². The minimum Gasteiger partial charge on any atom is -0.381 e. The molecule has 1 aromatic heterocycles. The molecule has 2 rings (SSSR count). The van der Waals surface area contributed by atoms with Crippen LogP contribution in [0.5, 0.6) is 0 Å². The van der Waals surface area contributed by atoms with Crippen molar-refractivity contribution in [3.63, 3.8) is 0 Å². The Labute approximate surface area is 116 Å². The number of pyridine rings is 1. The van der Waals surface area contributed by atoms with Crippen molar-refractivity contribution in [3.05, 3.63) is 36.5 Å². The van der Waals surface area contributed by atoms with Gasteiger partial charge in [-0.2, -0.15) is 0 Å². The molecule has 0 radical (unpaired) electrons. The molecule has 2 aromatic rings. The second-order valence-corrected chi connectivity index (χ2v) is 5.31. The summed E-state index contributed by atoms with van der Waals surface area (Å²) in [6, 6.07) is 10.9. The Bertz CT molecular complexity index is 507. The van der Waals surface area contributed by atoms with E-state index in [1.165, 1.54) is 37.5 Å². The molecule has 0 aliphatic carbocycles. The lowest BCUT2D eigenvalue weighted by atomic mass is 10.1. The van der Waals surface area contributed by atoms with E-state index >= 15 is 0 Å². The molecule has 1 aromatic carbocycles. The van der Waals surface area contributed by atoms with Gasteiger partial charge in [-0.05, 0) is 25.5 Å². The summed E-state index contributed by atoms with van der Waals surface area (Å²) in [4.78, 5) is 4.48. The van der Waals surface area contributed by atoms with E-state index in [0.29, 0.717) is 6.04 Å². The maximum absolute atomic E-state index is 4.48. The second-order valence-electron chi connectivity index (χ2n) is 5.31. The highest BCUT2D eigenvalue weighted by molar-refractivity contribution is 5.81. The maximum Gasteiger partial charge on any atom is 0.0703 e. The van der Waals surface area contributed by atoms with Gasteiger partial charge in [-0.15, -0.1) is 0 Å². The Morgan fingerprint density at radius 1 is 1.16 bits per heavy atom. The van der Waals surface area contributed by atoms with Gasteiger partial charge in [-0.1, -0.05) is 50.8 Å². The summed E-state index contributed by atoms with van der Waals surface area (Å²) < 4.78 is 0. The Morgan fingerprint density at radius 2 is 2.00 bits per heavy atom. The molecule has 1 N–H and O–H groups in total. The van der Waals surface area contributed by atoms with Crippen LogP contribution in [0.2, 0.25) is 0 Å². The molecule has 19 heavy (non-hydrogen) atoms. The van der Waals surface area contributed by atoms with Crippen LogP contribution in [0.4, 0.5) is 5.69 Å². The lowest BCUT2D eigenvalue weighted by Gasteiger charge is -2.15. The van der Waals surface area contributed by atoms with E-state index in [0.717, 1.165) is 11.2 Å². The number of rotatable bonds is 7. The number of para-hydroxylation sites is 1. The number of nitrogens with one attached hydrogen (secondary N) is 1. The summed E-state index contributed by atoms with van der Waals surface area (Å²) in [5, 5.41) is 4.75. The molecule has 0 aliphatic rings. The largest absolute Gasteiger partial charge is 0.381 e. The number of hydrogen-bond donors (Lipinski definition) is 1. The van der Waals surface area contributed by atoms with Gasteiger partial charge in [0.2, 0.25) is 0 Å². The van der Waals surface area contributed by atoms with Crippen LogP contribution < -0.4 is 5.32 Å². The molecule has 0 aliphatic heterocycles. The molecule has 1 heterocycles. The van der Waals surface area contributed by atoms with E-state index in [1.807, 2.05) is 18.3 Å². The number of fused-ring (bicyclic) bond motifs is 1. The van der Waals surface area contributed by atoms with Crippen LogP contribution in [0, 0.1) is 0 Å². The fourth-order valence-corrected chi connectivity index (χ4v) is 2.38. The fourth-order valence-electron chi connectivity index (χ4n) is 2.38. The van der Waals surface area contributed by atoms with Crippen LogP contribution in [-0.4, -0.2) is 11.0 Å². The molecular weight excluding hydrogens is 232 g/mol. The highest BCUT2D eigenvalue weighted by Gasteiger charge is 2.03. The van der Waals surface area contributed by atoms with Crippen LogP contribution in [0.3, 0.4) is 0 Å². The van der Waals surface area contributed by atoms with Crippen molar-refractivity contribution < 1.29 is 0 Å². The Hall–Kier alpha value is -1.57. The summed E-state index contributed by atoms with van der Waals surface area (Å²) in [7, 11) is 0. The van der Waals surface area contributed by atoms with Crippen LogP contribution >= 0.6 is 0 Å². The van der Waals surface area contributed by atoms with Crippen LogP contribution in [0.15, 0.2) is 36.5 Å². The van der Waals surface area contributed by atoms with Crippen molar-refractivity contribution >= 4 is 16.6 Å². The smallest absolute Gasteiger partial charge is 0.0703 e. The molecule has 0 spiro atoms. The molecule has 0 fully saturated rings. The van der Waals surface area contributed by atoms with Crippen molar-refractivity contribution in [2.45, 2.75) is 52.0 Å². The van der Waals surface area contributed by atoms with E-state index in [9.17, 15) is 0 Å². The average molecular weight is 256 g/mol. The maximum atomic E-state index is 4.48. The molecule has 2 nitrogen and oxygen atoms in total. The number of benzene rings is 1. The van der Waals surface area contributed by atoms with Gasteiger partial charge in [0.05, 0.1) is 17.4 Å². The minimum absolute atomic E-state index is 0.514. The zero-order valence-electron chi connectivity index (χ0n) is 12.0. The normalized spacial score (nSPS) is 12.5. The van der Waals surface area contributed by atoms with Crippen LogP contribution in [0.1, 0.15) is 46.0 Å². The molecule has 0 saturated heterocycles. The summed E-state index contributed by atoms with van der Waals surface area (Å²) in [6.07, 6.45) is 8.47. The molecule has 0 saturated carbocycles. The first-order valence-corrected chi connectivity index (χ1v) is 7.41. The minimum atomic E-state index is 0.514. The van der Waals surface area contributed by atoms with Gasteiger partial charge in [0.1, 0.15) is 0 Å². The van der Waals surface area contributed by atoms with Gasteiger partial charge in [-0.3, -0.25) is 4.98 Å². The number of anilines is 1. The molecule has 102 valence electrons. The molecule has 1 unspecified atom stereocenters. The Morgan fingerprint density at radius 3 is 2.84 bits per heavy atom. The summed E-state index contributed by atoms with van der Waals surface area (Å²) in [6.45, 7) is 4.50. The first-order chi connectivity index (χ1) is 9.29. The zero-order valence-corrected chi connectivity index (χ0v) is 12.0. The van der Waals surface area contributed by atoms with Crippen molar-refractivity contribution in [1.82, 2.24) is 4.98 Å².